The van der Waals surface area contributed by atoms with Crippen molar-refractivity contribution in [1.82, 2.24) is 30.0 Å². The summed E-state index contributed by atoms with van der Waals surface area (Å²) in [5, 5.41) is 15.0. The lowest BCUT2D eigenvalue weighted by molar-refractivity contribution is 0.226. The van der Waals surface area contributed by atoms with Gasteiger partial charge in [-0.05, 0) is 51.0 Å². The molecule has 0 saturated carbocycles. The quantitative estimate of drug-likeness (QED) is 0.534. The van der Waals surface area contributed by atoms with Crippen LogP contribution in [0.2, 0.25) is 0 Å². The number of likely N-dealkylation sites (tertiary alicyclic amines) is 1. The fourth-order valence-corrected chi connectivity index (χ4v) is 4.04. The highest BCUT2D eigenvalue weighted by Gasteiger charge is 2.18. The van der Waals surface area contributed by atoms with Crippen LogP contribution in [-0.2, 0) is 0 Å². The predicted octanol–water partition coefficient (Wildman–Crippen LogP) is 3.32. The van der Waals surface area contributed by atoms with Crippen LogP contribution in [-0.4, -0.2) is 56.7 Å². The molecule has 4 heterocycles. The van der Waals surface area contributed by atoms with Gasteiger partial charge in [0, 0.05) is 40.7 Å². The number of rotatable bonds is 4. The molecule has 2 N–H and O–H groups in total. The number of benzene rings is 1. The Balaban J connectivity index is 1.58. The maximum absolute atomic E-state index is 5.02. The SMILES string of the molecule is CN1CCC(CNc2nc3c(-c4nnc[nH]4)cccc3c3cnccc23)CC1. The van der Waals surface area contributed by atoms with Crippen molar-refractivity contribution in [2.75, 3.05) is 32.0 Å². The smallest absolute Gasteiger partial charge is 0.163 e. The van der Waals surface area contributed by atoms with Gasteiger partial charge < -0.3 is 15.2 Å². The van der Waals surface area contributed by atoms with Crippen molar-refractivity contribution in [1.29, 1.82) is 0 Å². The molecular formula is C21H23N7. The van der Waals surface area contributed by atoms with E-state index < -0.39 is 0 Å². The number of hydrogen-bond acceptors (Lipinski definition) is 6. The molecule has 0 atom stereocenters. The summed E-state index contributed by atoms with van der Waals surface area (Å²) in [5.41, 5.74) is 1.86. The normalized spacial score (nSPS) is 16.0. The molecule has 0 radical (unpaired) electrons. The Morgan fingerprint density at radius 3 is 2.86 bits per heavy atom. The van der Waals surface area contributed by atoms with Crippen molar-refractivity contribution in [3.05, 3.63) is 43.0 Å². The van der Waals surface area contributed by atoms with Crippen molar-refractivity contribution in [2.24, 2.45) is 5.92 Å². The highest BCUT2D eigenvalue weighted by molar-refractivity contribution is 6.12. The average Bonchev–Trinajstić information content (AvgIpc) is 3.27. The molecule has 0 aliphatic carbocycles. The first-order chi connectivity index (χ1) is 13.8. The molecule has 0 bridgehead atoms. The summed E-state index contributed by atoms with van der Waals surface area (Å²) in [6.45, 7) is 3.27. The van der Waals surface area contributed by atoms with Crippen LogP contribution in [0, 0.1) is 5.92 Å². The summed E-state index contributed by atoms with van der Waals surface area (Å²) in [4.78, 5) is 14.9. The molecule has 1 fully saturated rings. The average molecular weight is 373 g/mol. The first-order valence-electron chi connectivity index (χ1n) is 9.75. The fraction of sp³-hybridized carbons (Fsp3) is 0.333. The number of hydrogen-bond donors (Lipinski definition) is 2. The summed E-state index contributed by atoms with van der Waals surface area (Å²) < 4.78 is 0. The minimum Gasteiger partial charge on any atom is -0.369 e. The van der Waals surface area contributed by atoms with Gasteiger partial charge >= 0.3 is 0 Å². The van der Waals surface area contributed by atoms with E-state index in [2.05, 4.69) is 43.5 Å². The Kier molecular flexibility index (Phi) is 4.37. The highest BCUT2D eigenvalue weighted by Crippen LogP contribution is 2.33. The summed E-state index contributed by atoms with van der Waals surface area (Å²) in [5.74, 6) is 2.31. The van der Waals surface area contributed by atoms with Crippen molar-refractivity contribution >= 4 is 27.5 Å². The molecule has 7 nitrogen and oxygen atoms in total. The Bertz CT molecular complexity index is 1100. The lowest BCUT2D eigenvalue weighted by Gasteiger charge is -2.29. The van der Waals surface area contributed by atoms with E-state index in [0.717, 1.165) is 58.5 Å². The van der Waals surface area contributed by atoms with E-state index in [0.29, 0.717) is 5.92 Å². The van der Waals surface area contributed by atoms with E-state index in [1.807, 2.05) is 30.6 Å². The molecule has 0 spiro atoms. The molecule has 0 unspecified atom stereocenters. The number of nitrogens with one attached hydrogen (secondary N) is 2. The minimum atomic E-state index is 0.676. The maximum atomic E-state index is 5.02. The Morgan fingerprint density at radius 2 is 2.04 bits per heavy atom. The number of nitrogens with zero attached hydrogens (tertiary/aromatic N) is 5. The minimum absolute atomic E-state index is 0.676. The Labute approximate surface area is 163 Å². The van der Waals surface area contributed by atoms with Gasteiger partial charge in [0.05, 0.1) is 5.52 Å². The molecule has 4 aromatic rings. The van der Waals surface area contributed by atoms with Gasteiger partial charge in [0.2, 0.25) is 0 Å². The number of fused-ring (bicyclic) bond motifs is 3. The Hall–Kier alpha value is -3.06. The number of pyridine rings is 2. The first kappa shape index (κ1) is 17.1. The third-order valence-corrected chi connectivity index (χ3v) is 5.69. The van der Waals surface area contributed by atoms with Gasteiger partial charge in [-0.1, -0.05) is 12.1 Å². The van der Waals surface area contributed by atoms with Gasteiger partial charge in [-0.3, -0.25) is 4.98 Å². The molecule has 7 heteroatoms. The molecule has 1 saturated heterocycles. The maximum Gasteiger partial charge on any atom is 0.163 e. The molecular weight excluding hydrogens is 350 g/mol. The van der Waals surface area contributed by atoms with Gasteiger partial charge in [0.25, 0.3) is 0 Å². The lowest BCUT2D eigenvalue weighted by Crippen LogP contribution is -2.33. The van der Waals surface area contributed by atoms with Crippen LogP contribution >= 0.6 is 0 Å². The van der Waals surface area contributed by atoms with Crippen molar-refractivity contribution in [3.8, 4) is 11.4 Å². The molecule has 1 aliphatic heterocycles. The summed E-state index contributed by atoms with van der Waals surface area (Å²) in [6.07, 6.45) is 7.79. The molecule has 1 aliphatic rings. The van der Waals surface area contributed by atoms with E-state index in [1.54, 1.807) is 6.33 Å². The van der Waals surface area contributed by atoms with Crippen LogP contribution in [0.25, 0.3) is 33.1 Å². The van der Waals surface area contributed by atoms with Gasteiger partial charge in [-0.2, -0.15) is 0 Å². The van der Waals surface area contributed by atoms with Crippen LogP contribution < -0.4 is 5.32 Å². The van der Waals surface area contributed by atoms with Crippen LogP contribution in [0.4, 0.5) is 5.82 Å². The van der Waals surface area contributed by atoms with E-state index >= 15 is 0 Å². The predicted molar refractivity (Wildman–Crippen MR) is 111 cm³/mol. The Morgan fingerprint density at radius 1 is 1.14 bits per heavy atom. The second kappa shape index (κ2) is 7.16. The first-order valence-corrected chi connectivity index (χ1v) is 9.75. The van der Waals surface area contributed by atoms with Crippen LogP contribution in [0.1, 0.15) is 12.8 Å². The van der Waals surface area contributed by atoms with Gasteiger partial charge in [0.15, 0.2) is 5.82 Å². The summed E-state index contributed by atoms with van der Waals surface area (Å²) >= 11 is 0. The van der Waals surface area contributed by atoms with E-state index in [9.17, 15) is 0 Å². The van der Waals surface area contributed by atoms with Crippen molar-refractivity contribution < 1.29 is 0 Å². The largest absolute Gasteiger partial charge is 0.369 e. The fourth-order valence-electron chi connectivity index (χ4n) is 4.04. The number of para-hydroxylation sites is 1. The second-order valence-corrected chi connectivity index (χ2v) is 7.55. The molecule has 5 rings (SSSR count). The zero-order valence-corrected chi connectivity index (χ0v) is 15.9. The zero-order valence-electron chi connectivity index (χ0n) is 15.9. The summed E-state index contributed by atoms with van der Waals surface area (Å²) in [6, 6.07) is 8.19. The van der Waals surface area contributed by atoms with Crippen LogP contribution in [0.3, 0.4) is 0 Å². The van der Waals surface area contributed by atoms with Gasteiger partial charge in [-0.25, -0.2) is 4.98 Å². The highest BCUT2D eigenvalue weighted by atomic mass is 15.2. The van der Waals surface area contributed by atoms with Gasteiger partial charge in [0.1, 0.15) is 12.1 Å². The molecule has 1 aromatic carbocycles. The number of piperidine rings is 1. The molecule has 28 heavy (non-hydrogen) atoms. The second-order valence-electron chi connectivity index (χ2n) is 7.55. The number of H-pyrrole nitrogens is 1. The van der Waals surface area contributed by atoms with Crippen LogP contribution in [0.5, 0.6) is 0 Å². The van der Waals surface area contributed by atoms with Crippen LogP contribution in [0.15, 0.2) is 43.0 Å². The van der Waals surface area contributed by atoms with Gasteiger partial charge in [-0.15, -0.1) is 10.2 Å². The van der Waals surface area contributed by atoms with Crippen molar-refractivity contribution in [3.63, 3.8) is 0 Å². The molecule has 3 aromatic heterocycles. The summed E-state index contributed by atoms with van der Waals surface area (Å²) in [7, 11) is 2.19. The third kappa shape index (κ3) is 3.07. The lowest BCUT2D eigenvalue weighted by atomic mass is 9.97. The van der Waals surface area contributed by atoms with E-state index in [1.165, 1.54) is 12.8 Å². The molecule has 0 amide bonds. The monoisotopic (exact) mass is 373 g/mol. The molecule has 142 valence electrons. The third-order valence-electron chi connectivity index (χ3n) is 5.69. The number of aromatic amines is 1. The zero-order chi connectivity index (χ0) is 18.9. The van der Waals surface area contributed by atoms with E-state index in [-0.39, 0.29) is 0 Å². The number of anilines is 1. The van der Waals surface area contributed by atoms with E-state index in [4.69, 9.17) is 4.98 Å². The standard InChI is InChI=1S/C21H23N7/c1-28-9-6-14(7-10-28)11-23-20-16-5-8-22-12-18(16)15-3-2-4-17(19(15)26-20)21-24-13-25-27-21/h2-5,8,12-14H,6-7,9-11H2,1H3,(H,23,26)(H,24,25,27). The topological polar surface area (TPSA) is 82.6 Å². The number of aromatic nitrogens is 5. The van der Waals surface area contributed by atoms with Crippen molar-refractivity contribution in [2.45, 2.75) is 12.8 Å².